The van der Waals surface area contributed by atoms with E-state index in [1.165, 1.54) is 7.11 Å². The second kappa shape index (κ2) is 6.65. The fourth-order valence-electron chi connectivity index (χ4n) is 3.78. The van der Waals surface area contributed by atoms with E-state index in [1.54, 1.807) is 19.1 Å². The van der Waals surface area contributed by atoms with Crippen LogP contribution in [0.15, 0.2) is 34.7 Å². The lowest BCUT2D eigenvalue weighted by Gasteiger charge is -2.24. The highest BCUT2D eigenvalue weighted by Gasteiger charge is 2.26. The molecule has 0 saturated heterocycles. The monoisotopic (exact) mass is 408 g/mol. The summed E-state index contributed by atoms with van der Waals surface area (Å²) in [6.45, 7) is 4.27. The van der Waals surface area contributed by atoms with Crippen molar-refractivity contribution in [2.75, 3.05) is 12.8 Å². The molecule has 0 aliphatic carbocycles. The van der Waals surface area contributed by atoms with Gasteiger partial charge in [0.15, 0.2) is 11.7 Å². The Morgan fingerprint density at radius 1 is 1.27 bits per heavy atom. The van der Waals surface area contributed by atoms with Gasteiger partial charge in [-0.3, -0.25) is 0 Å². The minimum atomic E-state index is -0.748. The quantitative estimate of drug-likeness (QED) is 0.512. The number of carbonyl (C=O) groups excluding carboxylic acids is 1. The predicted octanol–water partition coefficient (Wildman–Crippen LogP) is 3.15. The third-order valence-corrected chi connectivity index (χ3v) is 5.06. The van der Waals surface area contributed by atoms with Crippen molar-refractivity contribution in [2.45, 2.75) is 32.6 Å². The van der Waals surface area contributed by atoms with Crippen molar-refractivity contribution in [3.8, 4) is 22.9 Å². The van der Waals surface area contributed by atoms with Gasteiger partial charge in [-0.1, -0.05) is 0 Å². The predicted molar refractivity (Wildman–Crippen MR) is 109 cm³/mol. The summed E-state index contributed by atoms with van der Waals surface area (Å²) < 4.78 is 24.0. The van der Waals surface area contributed by atoms with Crippen molar-refractivity contribution < 1.29 is 23.4 Å². The highest BCUT2D eigenvalue weighted by Crippen LogP contribution is 2.39. The average Bonchev–Trinajstić information content (AvgIpc) is 3.26. The van der Waals surface area contributed by atoms with Crippen LogP contribution < -0.4 is 15.2 Å². The molecule has 1 unspecified atom stereocenters. The molecule has 9 heteroatoms. The molecule has 30 heavy (non-hydrogen) atoms. The summed E-state index contributed by atoms with van der Waals surface area (Å²) in [6.07, 6.45) is -0.810. The van der Waals surface area contributed by atoms with Crippen LogP contribution in [0.4, 0.5) is 6.01 Å². The molecule has 0 fully saturated rings. The molecule has 0 amide bonds. The van der Waals surface area contributed by atoms with Gasteiger partial charge in [-0.25, -0.2) is 9.78 Å². The summed E-state index contributed by atoms with van der Waals surface area (Å²) in [6, 6.07) is 9.36. The Kier molecular flexibility index (Phi) is 4.05. The zero-order valence-electron chi connectivity index (χ0n) is 16.7. The van der Waals surface area contributed by atoms with Crippen LogP contribution in [0.2, 0.25) is 0 Å². The van der Waals surface area contributed by atoms with Gasteiger partial charge < -0.3 is 28.9 Å². The summed E-state index contributed by atoms with van der Waals surface area (Å²) in [5.41, 5.74) is 9.43. The summed E-state index contributed by atoms with van der Waals surface area (Å²) in [5, 5.41) is 0. The molecule has 2 N–H and O–H groups in total. The summed E-state index contributed by atoms with van der Waals surface area (Å²) in [5.74, 6) is 1.47. The van der Waals surface area contributed by atoms with Crippen LogP contribution in [0.25, 0.3) is 33.5 Å². The van der Waals surface area contributed by atoms with Gasteiger partial charge in [-0.2, -0.15) is 4.98 Å². The van der Waals surface area contributed by atoms with Crippen molar-refractivity contribution in [3.05, 3.63) is 30.3 Å². The Bertz CT molecular complexity index is 1290. The first-order valence-electron chi connectivity index (χ1n) is 9.55. The average molecular weight is 408 g/mol. The third-order valence-electron chi connectivity index (χ3n) is 5.06. The van der Waals surface area contributed by atoms with E-state index < -0.39 is 12.1 Å². The van der Waals surface area contributed by atoms with Gasteiger partial charge in [0.1, 0.15) is 34.5 Å². The number of hydrogen-bond donors (Lipinski definition) is 1. The van der Waals surface area contributed by atoms with Gasteiger partial charge in [0.25, 0.3) is 6.01 Å². The van der Waals surface area contributed by atoms with Crippen molar-refractivity contribution >= 4 is 34.1 Å². The fourth-order valence-corrected chi connectivity index (χ4v) is 3.78. The molecule has 4 aromatic rings. The van der Waals surface area contributed by atoms with Crippen molar-refractivity contribution in [1.29, 1.82) is 0 Å². The molecule has 0 saturated carbocycles. The molecule has 1 aliphatic heterocycles. The van der Waals surface area contributed by atoms with Crippen LogP contribution >= 0.6 is 0 Å². The highest BCUT2D eigenvalue weighted by atomic mass is 16.6. The number of benzene rings is 2. The Balaban J connectivity index is 1.64. The van der Waals surface area contributed by atoms with Crippen LogP contribution in [0.3, 0.4) is 0 Å². The van der Waals surface area contributed by atoms with Crippen LogP contribution in [-0.2, 0) is 16.1 Å². The van der Waals surface area contributed by atoms with Gasteiger partial charge in [-0.15, -0.1) is 0 Å². The number of hydrogen-bond acceptors (Lipinski definition) is 8. The van der Waals surface area contributed by atoms with E-state index in [9.17, 15) is 4.79 Å². The number of esters is 1. The number of nitrogens with two attached hydrogens (primary N) is 1. The first-order chi connectivity index (χ1) is 14.4. The zero-order valence-corrected chi connectivity index (χ0v) is 16.7. The normalized spacial score (nSPS) is 16.4. The van der Waals surface area contributed by atoms with Gasteiger partial charge in [0.2, 0.25) is 0 Å². The minimum Gasteiger partial charge on any atom is -0.486 e. The van der Waals surface area contributed by atoms with Crippen LogP contribution in [-0.4, -0.2) is 39.8 Å². The largest absolute Gasteiger partial charge is 0.486 e. The molecule has 2 aromatic carbocycles. The number of nitrogens with zero attached hydrogens (tertiary/aromatic N) is 3. The van der Waals surface area contributed by atoms with E-state index in [0.717, 1.165) is 16.9 Å². The smallest absolute Gasteiger partial charge is 0.346 e. The molecular formula is C21H20N4O5. The van der Waals surface area contributed by atoms with Crippen LogP contribution in [0.5, 0.6) is 11.5 Å². The van der Waals surface area contributed by atoms with E-state index in [1.807, 2.05) is 25.1 Å². The molecule has 0 bridgehead atoms. The lowest BCUT2D eigenvalue weighted by molar-refractivity contribution is -0.147. The molecule has 154 valence electrons. The summed E-state index contributed by atoms with van der Waals surface area (Å²) in [4.78, 5) is 20.8. The van der Waals surface area contributed by atoms with Gasteiger partial charge in [0, 0.05) is 17.7 Å². The Morgan fingerprint density at radius 2 is 2.10 bits per heavy atom. The molecule has 3 heterocycles. The fraction of sp³-hybridized carbons (Fsp3) is 0.286. The molecule has 0 spiro atoms. The number of rotatable bonds is 4. The van der Waals surface area contributed by atoms with E-state index in [4.69, 9.17) is 29.3 Å². The van der Waals surface area contributed by atoms with Crippen molar-refractivity contribution in [2.24, 2.45) is 0 Å². The van der Waals surface area contributed by atoms with Crippen molar-refractivity contribution in [1.82, 2.24) is 14.5 Å². The number of methoxy groups -OCH3 is 1. The molecule has 5 rings (SSSR count). The minimum absolute atomic E-state index is 0.0617. The molecule has 9 nitrogen and oxygen atoms in total. The van der Waals surface area contributed by atoms with E-state index >= 15 is 0 Å². The summed E-state index contributed by atoms with van der Waals surface area (Å²) >= 11 is 0. The Morgan fingerprint density at radius 3 is 2.90 bits per heavy atom. The number of fused-ring (bicyclic) bond motifs is 1. The number of anilines is 1. The maximum atomic E-state index is 11.7. The first-order valence-corrected chi connectivity index (χ1v) is 9.55. The number of nitrogen functional groups attached to an aromatic ring is 1. The molecule has 2 atom stereocenters. The third kappa shape index (κ3) is 2.90. The Hall–Kier alpha value is -3.75. The SMILES string of the molecule is COC(=O)C(C)Oc1cc2c3c(c1)nc(-c1ccc4oc(N)nc4c1)n3C[C@@H](C)O2. The second-order valence-electron chi connectivity index (χ2n) is 7.28. The zero-order chi connectivity index (χ0) is 21.0. The lowest BCUT2D eigenvalue weighted by atomic mass is 10.2. The topological polar surface area (TPSA) is 115 Å². The van der Waals surface area contributed by atoms with E-state index in [0.29, 0.717) is 34.7 Å². The molecule has 0 radical (unpaired) electrons. The molecular weight excluding hydrogens is 388 g/mol. The second-order valence-corrected chi connectivity index (χ2v) is 7.28. The number of ether oxygens (including phenoxy) is 3. The van der Waals surface area contributed by atoms with Gasteiger partial charge in [0.05, 0.1) is 19.2 Å². The van der Waals surface area contributed by atoms with E-state index in [-0.39, 0.29) is 12.1 Å². The summed E-state index contributed by atoms with van der Waals surface area (Å²) in [7, 11) is 1.33. The van der Waals surface area contributed by atoms with Crippen molar-refractivity contribution in [3.63, 3.8) is 0 Å². The lowest BCUT2D eigenvalue weighted by Crippen LogP contribution is -2.26. The van der Waals surface area contributed by atoms with Gasteiger partial charge in [-0.05, 0) is 32.0 Å². The van der Waals surface area contributed by atoms with E-state index in [2.05, 4.69) is 9.55 Å². The number of carbonyl (C=O) groups is 1. The van der Waals surface area contributed by atoms with Gasteiger partial charge >= 0.3 is 5.97 Å². The highest BCUT2D eigenvalue weighted by molar-refractivity contribution is 5.89. The number of oxazole rings is 1. The maximum absolute atomic E-state index is 11.7. The standard InChI is InChI=1S/C21H20N4O5/c1-10-9-25-18-15(7-13(8-17(18)28-10)29-11(2)20(26)27-3)23-19(25)12-4-5-16-14(6-12)24-21(22)30-16/h4-8,10-11H,9H2,1-3H3,(H2,22,24)/t10-,11?/m1/s1. The van der Waals surface area contributed by atoms with Crippen LogP contribution in [0, 0.1) is 0 Å². The number of aromatic nitrogens is 3. The first kappa shape index (κ1) is 18.3. The molecule has 1 aliphatic rings. The van der Waals surface area contributed by atoms with Crippen LogP contribution in [0.1, 0.15) is 13.8 Å². The molecule has 2 aromatic heterocycles. The Labute approximate surface area is 171 Å². The number of imidazole rings is 1. The maximum Gasteiger partial charge on any atom is 0.346 e.